The molecule has 0 fully saturated rings. The van der Waals surface area contributed by atoms with Gasteiger partial charge in [0, 0.05) is 13.3 Å². The minimum atomic E-state index is -0.924. The van der Waals surface area contributed by atoms with E-state index in [-0.39, 0.29) is 5.97 Å². The Kier molecular flexibility index (Phi) is 12.2. The molecule has 0 N–H and O–H groups in total. The highest BCUT2D eigenvalue weighted by molar-refractivity contribution is 7.75. The average molecular weight is 301 g/mol. The predicted octanol–water partition coefficient (Wildman–Crippen LogP) is 5.13. The van der Waals surface area contributed by atoms with Crippen LogP contribution in [-0.2, 0) is 9.53 Å². The van der Waals surface area contributed by atoms with Gasteiger partial charge >= 0.3 is 5.97 Å². The zero-order valence-corrected chi connectivity index (χ0v) is 14.7. The highest BCUT2D eigenvalue weighted by atomic mass is 31.2. The Morgan fingerprint density at radius 3 is 1.75 bits per heavy atom. The summed E-state index contributed by atoms with van der Waals surface area (Å²) in [5.41, 5.74) is 0. The molecule has 0 aromatic carbocycles. The number of unbranched alkanes of at least 4 members (excludes halogenated alkanes) is 3. The lowest BCUT2D eigenvalue weighted by Crippen LogP contribution is -2.17. The van der Waals surface area contributed by atoms with Crippen LogP contribution in [0.2, 0.25) is 0 Å². The predicted molar refractivity (Wildman–Crippen MR) is 92.3 cm³/mol. The molecule has 0 saturated heterocycles. The first-order valence-corrected chi connectivity index (χ1v) is 10.8. The van der Waals surface area contributed by atoms with Crippen molar-refractivity contribution in [3.63, 3.8) is 0 Å². The maximum atomic E-state index is 11.2. The fourth-order valence-electron chi connectivity index (χ4n) is 2.55. The summed E-state index contributed by atoms with van der Waals surface area (Å²) in [5, 5.41) is 0. The summed E-state index contributed by atoms with van der Waals surface area (Å²) in [6.45, 7) is 10.9. The minimum absolute atomic E-state index is 0.274. The summed E-state index contributed by atoms with van der Waals surface area (Å²) in [6.07, 6.45) is 14.3. The molecule has 2 nitrogen and oxygen atoms in total. The summed E-state index contributed by atoms with van der Waals surface area (Å²) >= 11 is 0. The molecule has 0 aromatic heterocycles. The Labute approximate surface area is 126 Å². The molecule has 3 heteroatoms. The first kappa shape index (κ1) is 19.6. The highest BCUT2D eigenvalue weighted by Crippen LogP contribution is 2.60. The molecule has 0 aliphatic carbocycles. The van der Waals surface area contributed by atoms with Gasteiger partial charge in [0.05, 0.1) is 24.6 Å². The second kappa shape index (κ2) is 12.4. The summed E-state index contributed by atoms with van der Waals surface area (Å²) in [6, 6.07) is 0. The third-order valence-corrected chi connectivity index (χ3v) is 8.86. The number of carbonyl (C=O) groups excluding carboxylic acids is 1. The Balaban J connectivity index is 4.56. The molecule has 0 atom stereocenters. The fourth-order valence-corrected chi connectivity index (χ4v) is 7.33. The van der Waals surface area contributed by atoms with Crippen molar-refractivity contribution in [2.75, 3.05) is 31.3 Å². The van der Waals surface area contributed by atoms with Crippen molar-refractivity contribution in [1.29, 1.82) is 0 Å². The normalized spacial score (nSPS) is 11.3. The third-order valence-electron chi connectivity index (χ3n) is 3.93. The third kappa shape index (κ3) is 8.74. The van der Waals surface area contributed by atoms with Gasteiger partial charge in [-0.3, -0.25) is 0 Å². The summed E-state index contributed by atoms with van der Waals surface area (Å²) in [7, 11) is -0.924. The zero-order chi connectivity index (χ0) is 15.3. The lowest BCUT2D eigenvalue weighted by Gasteiger charge is -2.27. The molecule has 20 heavy (non-hydrogen) atoms. The van der Waals surface area contributed by atoms with Crippen molar-refractivity contribution < 1.29 is 9.53 Å². The molecule has 0 aromatic rings. The largest absolute Gasteiger partial charge is 0.459 e. The van der Waals surface area contributed by atoms with Gasteiger partial charge in [-0.25, -0.2) is 4.79 Å². The lowest BCUT2D eigenvalue weighted by molar-refractivity contribution is -0.137. The van der Waals surface area contributed by atoms with Crippen LogP contribution in [-0.4, -0.2) is 37.2 Å². The molecule has 0 spiro atoms. The van der Waals surface area contributed by atoms with E-state index in [4.69, 9.17) is 4.74 Å². The van der Waals surface area contributed by atoms with E-state index in [0.29, 0.717) is 6.61 Å². The molecule has 0 unspecified atom stereocenters. The van der Waals surface area contributed by atoms with E-state index >= 15 is 0 Å². The van der Waals surface area contributed by atoms with E-state index in [9.17, 15) is 4.79 Å². The van der Waals surface area contributed by atoms with E-state index in [0.717, 1.165) is 6.16 Å². The number of esters is 1. The van der Waals surface area contributed by atoms with E-state index in [2.05, 4.69) is 27.4 Å². The van der Waals surface area contributed by atoms with Gasteiger partial charge in [0.2, 0.25) is 0 Å². The molecule has 0 heterocycles. The van der Waals surface area contributed by atoms with Crippen molar-refractivity contribution in [1.82, 2.24) is 0 Å². The van der Waals surface area contributed by atoms with Gasteiger partial charge in [0.15, 0.2) is 0 Å². The maximum Gasteiger partial charge on any atom is 0.330 e. The summed E-state index contributed by atoms with van der Waals surface area (Å²) in [4.78, 5) is 11.2. The van der Waals surface area contributed by atoms with Crippen LogP contribution in [0.15, 0.2) is 12.7 Å². The second-order valence-corrected chi connectivity index (χ2v) is 10.1. The van der Waals surface area contributed by atoms with Crippen LogP contribution in [0.4, 0.5) is 0 Å². The lowest BCUT2D eigenvalue weighted by atomic mass is 10.4. The van der Waals surface area contributed by atoms with Gasteiger partial charge in [-0.2, -0.15) is 0 Å². The number of ether oxygens (including phenoxy) is 1. The monoisotopic (exact) mass is 301 g/mol. The van der Waals surface area contributed by atoms with Crippen LogP contribution in [0.3, 0.4) is 0 Å². The molecular formula is C17H34O2P+. The van der Waals surface area contributed by atoms with E-state index in [1.165, 1.54) is 63.1 Å². The van der Waals surface area contributed by atoms with Crippen LogP contribution in [0.5, 0.6) is 0 Å². The van der Waals surface area contributed by atoms with Crippen LogP contribution in [0.1, 0.15) is 59.3 Å². The first-order chi connectivity index (χ1) is 9.64. The maximum absolute atomic E-state index is 11.2. The number of hydrogen-bond acceptors (Lipinski definition) is 2. The van der Waals surface area contributed by atoms with Crippen LogP contribution < -0.4 is 0 Å². The molecule has 0 aliphatic rings. The Morgan fingerprint density at radius 2 is 1.40 bits per heavy atom. The van der Waals surface area contributed by atoms with E-state index in [1.807, 2.05) is 0 Å². The average Bonchev–Trinajstić information content (AvgIpc) is 2.48. The van der Waals surface area contributed by atoms with E-state index in [1.54, 1.807) is 0 Å². The molecule has 0 amide bonds. The van der Waals surface area contributed by atoms with Crippen LogP contribution in [0.25, 0.3) is 0 Å². The van der Waals surface area contributed by atoms with Gasteiger partial charge < -0.3 is 4.74 Å². The zero-order valence-electron chi connectivity index (χ0n) is 13.8. The Morgan fingerprint density at radius 1 is 0.950 bits per heavy atom. The molecular weight excluding hydrogens is 267 g/mol. The SMILES string of the molecule is C=CC(=O)OCC[P+](CCCC)(CCCC)CCCC. The molecule has 0 aliphatic heterocycles. The van der Waals surface area contributed by atoms with Crippen LogP contribution >= 0.6 is 7.26 Å². The van der Waals surface area contributed by atoms with Crippen LogP contribution in [0, 0.1) is 0 Å². The highest BCUT2D eigenvalue weighted by Gasteiger charge is 2.35. The number of carbonyl (C=O) groups is 1. The summed E-state index contributed by atoms with van der Waals surface area (Å²) < 4.78 is 5.26. The Bertz CT molecular complexity index is 242. The number of hydrogen-bond donors (Lipinski definition) is 0. The van der Waals surface area contributed by atoms with Crippen molar-refractivity contribution in [2.45, 2.75) is 59.3 Å². The van der Waals surface area contributed by atoms with Crippen molar-refractivity contribution >= 4 is 13.2 Å². The van der Waals surface area contributed by atoms with Gasteiger partial charge in [-0.1, -0.05) is 46.6 Å². The Hall–Kier alpha value is -0.360. The van der Waals surface area contributed by atoms with Gasteiger partial charge in [0.1, 0.15) is 6.61 Å². The van der Waals surface area contributed by atoms with Crippen molar-refractivity contribution in [3.05, 3.63) is 12.7 Å². The quantitative estimate of drug-likeness (QED) is 0.268. The van der Waals surface area contributed by atoms with Gasteiger partial charge in [-0.15, -0.1) is 0 Å². The second-order valence-electron chi connectivity index (χ2n) is 5.67. The van der Waals surface area contributed by atoms with E-state index < -0.39 is 7.26 Å². The topological polar surface area (TPSA) is 26.3 Å². The van der Waals surface area contributed by atoms with Gasteiger partial charge in [0.25, 0.3) is 0 Å². The minimum Gasteiger partial charge on any atom is -0.459 e. The smallest absolute Gasteiger partial charge is 0.330 e. The molecule has 0 rings (SSSR count). The molecule has 0 bridgehead atoms. The summed E-state index contributed by atoms with van der Waals surface area (Å²) in [5.74, 6) is -0.274. The number of rotatable bonds is 13. The van der Waals surface area contributed by atoms with Crippen molar-refractivity contribution in [2.24, 2.45) is 0 Å². The standard InChI is InChI=1S/C17H34O2P/c1-5-9-13-20(14-10-6-2,15-11-7-3)16-12-19-17(18)8-4/h8H,4-7,9-16H2,1-3H3/q+1. The van der Waals surface area contributed by atoms with Gasteiger partial charge in [-0.05, 0) is 19.3 Å². The first-order valence-electron chi connectivity index (χ1n) is 8.28. The van der Waals surface area contributed by atoms with Crippen molar-refractivity contribution in [3.8, 4) is 0 Å². The molecule has 0 saturated carbocycles. The fraction of sp³-hybridized carbons (Fsp3) is 0.824. The molecule has 118 valence electrons. The molecule has 0 radical (unpaired) electrons.